The van der Waals surface area contributed by atoms with Gasteiger partial charge in [0.2, 0.25) is 0 Å². The number of imide groups is 1. The van der Waals surface area contributed by atoms with Crippen LogP contribution in [0, 0.1) is 0 Å². The summed E-state index contributed by atoms with van der Waals surface area (Å²) in [5.41, 5.74) is 0.647. The first-order chi connectivity index (χ1) is 13.9. The van der Waals surface area contributed by atoms with Crippen LogP contribution in [0.5, 0.6) is 11.5 Å². The molecule has 1 aromatic carbocycles. The van der Waals surface area contributed by atoms with Gasteiger partial charge in [0.1, 0.15) is 11.5 Å². The second-order valence-corrected chi connectivity index (χ2v) is 6.82. The zero-order valence-electron chi connectivity index (χ0n) is 17.0. The van der Waals surface area contributed by atoms with Crippen molar-refractivity contribution in [1.82, 2.24) is 10.6 Å². The standard InChI is InChI=1S/C21H28N2O6/c1-14(20(25)23-21(26)22-16-7-5-4-6-8-16)29-19(24)12-10-15-9-11-17(27-2)13-18(15)28-3/h9-14,16H,4-8H2,1-3H3,(H2,22,23,25,26)/b12-10+/t14-/m0/s1. The van der Waals surface area contributed by atoms with E-state index in [1.165, 1.54) is 32.6 Å². The van der Waals surface area contributed by atoms with E-state index in [4.69, 9.17) is 14.2 Å². The lowest BCUT2D eigenvalue weighted by atomic mass is 9.96. The quantitative estimate of drug-likeness (QED) is 0.535. The van der Waals surface area contributed by atoms with Gasteiger partial charge in [-0.25, -0.2) is 9.59 Å². The molecule has 1 fully saturated rings. The van der Waals surface area contributed by atoms with Gasteiger partial charge in [0, 0.05) is 23.7 Å². The van der Waals surface area contributed by atoms with Gasteiger partial charge in [0.25, 0.3) is 5.91 Å². The van der Waals surface area contributed by atoms with Crippen molar-refractivity contribution in [2.45, 2.75) is 51.2 Å². The number of hydrogen-bond donors (Lipinski definition) is 2. The van der Waals surface area contributed by atoms with Crippen LogP contribution in [0.1, 0.15) is 44.6 Å². The van der Waals surface area contributed by atoms with E-state index in [9.17, 15) is 14.4 Å². The molecule has 1 aromatic rings. The Kier molecular flexibility index (Phi) is 8.51. The van der Waals surface area contributed by atoms with Crippen molar-refractivity contribution in [1.29, 1.82) is 0 Å². The van der Waals surface area contributed by atoms with Crippen LogP contribution in [0.25, 0.3) is 6.08 Å². The van der Waals surface area contributed by atoms with Crippen LogP contribution >= 0.6 is 0 Å². The van der Waals surface area contributed by atoms with E-state index in [1.807, 2.05) is 0 Å². The fourth-order valence-electron chi connectivity index (χ4n) is 3.06. The molecule has 8 heteroatoms. The van der Waals surface area contributed by atoms with Gasteiger partial charge in [-0.3, -0.25) is 10.1 Å². The van der Waals surface area contributed by atoms with Crippen LogP contribution in [-0.2, 0) is 14.3 Å². The van der Waals surface area contributed by atoms with Crippen LogP contribution in [0.3, 0.4) is 0 Å². The zero-order valence-corrected chi connectivity index (χ0v) is 17.0. The van der Waals surface area contributed by atoms with Gasteiger partial charge >= 0.3 is 12.0 Å². The molecular formula is C21H28N2O6. The summed E-state index contributed by atoms with van der Waals surface area (Å²) in [6.45, 7) is 1.41. The molecule has 0 aliphatic heterocycles. The minimum Gasteiger partial charge on any atom is -0.497 e. The van der Waals surface area contributed by atoms with Crippen LogP contribution in [-0.4, -0.2) is 44.3 Å². The maximum atomic E-state index is 12.1. The molecule has 2 rings (SSSR count). The lowest BCUT2D eigenvalue weighted by molar-refractivity contribution is -0.149. The first-order valence-corrected chi connectivity index (χ1v) is 9.65. The second kappa shape index (κ2) is 11.1. The first kappa shape index (κ1) is 22.3. The van der Waals surface area contributed by atoms with Crippen molar-refractivity contribution in [3.63, 3.8) is 0 Å². The highest BCUT2D eigenvalue weighted by atomic mass is 16.5. The molecule has 3 amide bonds. The molecule has 0 aromatic heterocycles. The van der Waals surface area contributed by atoms with E-state index in [2.05, 4.69) is 10.6 Å². The van der Waals surface area contributed by atoms with Crippen molar-refractivity contribution in [3.05, 3.63) is 29.8 Å². The molecule has 1 aliphatic rings. The molecule has 1 atom stereocenters. The van der Waals surface area contributed by atoms with Gasteiger partial charge < -0.3 is 19.5 Å². The van der Waals surface area contributed by atoms with E-state index in [1.54, 1.807) is 25.3 Å². The molecule has 0 unspecified atom stereocenters. The number of rotatable bonds is 7. The number of carbonyl (C=O) groups excluding carboxylic acids is 3. The second-order valence-electron chi connectivity index (χ2n) is 6.82. The van der Waals surface area contributed by atoms with Crippen LogP contribution in [0.4, 0.5) is 4.79 Å². The Bertz CT molecular complexity index is 756. The molecule has 1 saturated carbocycles. The third-order valence-electron chi connectivity index (χ3n) is 4.68. The van der Waals surface area contributed by atoms with Crippen molar-refractivity contribution >= 4 is 24.0 Å². The lowest BCUT2D eigenvalue weighted by Gasteiger charge is -2.23. The third-order valence-corrected chi connectivity index (χ3v) is 4.68. The number of nitrogens with one attached hydrogen (secondary N) is 2. The normalized spacial score (nSPS) is 15.4. The molecule has 0 bridgehead atoms. The van der Waals surface area contributed by atoms with Gasteiger partial charge in [0.15, 0.2) is 6.10 Å². The number of hydrogen-bond acceptors (Lipinski definition) is 6. The minimum atomic E-state index is -1.11. The van der Waals surface area contributed by atoms with Crippen molar-refractivity contribution in [2.75, 3.05) is 14.2 Å². The average Bonchev–Trinajstić information content (AvgIpc) is 2.72. The van der Waals surface area contributed by atoms with E-state index >= 15 is 0 Å². The molecule has 8 nitrogen and oxygen atoms in total. The number of esters is 1. The monoisotopic (exact) mass is 404 g/mol. The van der Waals surface area contributed by atoms with Gasteiger partial charge in [-0.05, 0) is 38.0 Å². The van der Waals surface area contributed by atoms with Gasteiger partial charge in [-0.15, -0.1) is 0 Å². The summed E-state index contributed by atoms with van der Waals surface area (Å²) < 4.78 is 15.4. The largest absolute Gasteiger partial charge is 0.497 e. The summed E-state index contributed by atoms with van der Waals surface area (Å²) in [6.07, 6.45) is 6.72. The fraction of sp³-hybridized carbons (Fsp3) is 0.476. The Labute approximate surface area is 170 Å². The van der Waals surface area contributed by atoms with E-state index in [-0.39, 0.29) is 6.04 Å². The smallest absolute Gasteiger partial charge is 0.331 e. The predicted molar refractivity (Wildman–Crippen MR) is 108 cm³/mol. The highest BCUT2D eigenvalue weighted by molar-refractivity contribution is 5.98. The third kappa shape index (κ3) is 7.14. The maximum absolute atomic E-state index is 12.1. The summed E-state index contributed by atoms with van der Waals surface area (Å²) in [6, 6.07) is 4.66. The molecule has 0 spiro atoms. The summed E-state index contributed by atoms with van der Waals surface area (Å²) in [5, 5.41) is 4.99. The number of methoxy groups -OCH3 is 2. The number of benzene rings is 1. The van der Waals surface area contributed by atoms with Crippen molar-refractivity contribution in [3.8, 4) is 11.5 Å². The van der Waals surface area contributed by atoms with Crippen LogP contribution in [0.15, 0.2) is 24.3 Å². The topological polar surface area (TPSA) is 103 Å². The maximum Gasteiger partial charge on any atom is 0.331 e. The Morgan fingerprint density at radius 2 is 1.83 bits per heavy atom. The molecule has 2 N–H and O–H groups in total. The number of ether oxygens (including phenoxy) is 3. The Balaban J connectivity index is 1.83. The molecule has 0 heterocycles. The summed E-state index contributed by atoms with van der Waals surface area (Å²) in [4.78, 5) is 36.0. The molecular weight excluding hydrogens is 376 g/mol. The average molecular weight is 404 g/mol. The molecule has 0 radical (unpaired) electrons. The molecule has 29 heavy (non-hydrogen) atoms. The van der Waals surface area contributed by atoms with Gasteiger partial charge in [-0.1, -0.05) is 19.3 Å². The number of carbonyl (C=O) groups is 3. The number of urea groups is 1. The Morgan fingerprint density at radius 3 is 2.48 bits per heavy atom. The van der Waals surface area contributed by atoms with Crippen LogP contribution < -0.4 is 20.1 Å². The minimum absolute atomic E-state index is 0.0804. The first-order valence-electron chi connectivity index (χ1n) is 9.65. The summed E-state index contributed by atoms with van der Waals surface area (Å²) in [7, 11) is 3.05. The highest BCUT2D eigenvalue weighted by Crippen LogP contribution is 2.25. The molecule has 158 valence electrons. The SMILES string of the molecule is COc1ccc(/C=C/C(=O)O[C@@H](C)C(=O)NC(=O)NC2CCCCC2)c(OC)c1. The van der Waals surface area contributed by atoms with Gasteiger partial charge in [0.05, 0.1) is 14.2 Å². The molecule has 1 aliphatic carbocycles. The zero-order chi connectivity index (χ0) is 21.2. The lowest BCUT2D eigenvalue weighted by Crippen LogP contribution is -2.48. The number of amides is 3. The Hall–Kier alpha value is -3.03. The highest BCUT2D eigenvalue weighted by Gasteiger charge is 2.21. The molecule has 0 saturated heterocycles. The predicted octanol–water partition coefficient (Wildman–Crippen LogP) is 2.81. The van der Waals surface area contributed by atoms with Gasteiger partial charge in [-0.2, -0.15) is 0 Å². The summed E-state index contributed by atoms with van der Waals surface area (Å²) >= 11 is 0. The van der Waals surface area contributed by atoms with Crippen molar-refractivity contribution in [2.24, 2.45) is 0 Å². The Morgan fingerprint density at radius 1 is 1.10 bits per heavy atom. The van der Waals surface area contributed by atoms with E-state index < -0.39 is 24.0 Å². The van der Waals surface area contributed by atoms with E-state index in [0.29, 0.717) is 17.1 Å². The van der Waals surface area contributed by atoms with E-state index in [0.717, 1.165) is 25.7 Å². The fourth-order valence-corrected chi connectivity index (χ4v) is 3.06. The van der Waals surface area contributed by atoms with Crippen LogP contribution in [0.2, 0.25) is 0 Å². The van der Waals surface area contributed by atoms with Crippen molar-refractivity contribution < 1.29 is 28.6 Å². The summed E-state index contributed by atoms with van der Waals surface area (Å²) in [5.74, 6) is -0.239.